The maximum atomic E-state index is 13.2. The third-order valence-electron chi connectivity index (χ3n) is 2.78. The van der Waals surface area contributed by atoms with Crippen LogP contribution in [0.25, 0.3) is 0 Å². The summed E-state index contributed by atoms with van der Waals surface area (Å²) in [6.07, 6.45) is 1.62. The molecule has 4 heteroatoms. The summed E-state index contributed by atoms with van der Waals surface area (Å²) in [5.74, 6) is -0.241. The minimum absolute atomic E-state index is 0.241. The lowest BCUT2D eigenvalue weighted by molar-refractivity contribution is 0.136. The Labute approximate surface area is 113 Å². The van der Waals surface area contributed by atoms with Gasteiger partial charge in [0.05, 0.1) is 0 Å². The number of ether oxygens (including phenoxy) is 1. The summed E-state index contributed by atoms with van der Waals surface area (Å²) in [7, 11) is 0. The summed E-state index contributed by atoms with van der Waals surface area (Å²) in [5, 5.41) is 4.00. The van der Waals surface area contributed by atoms with Gasteiger partial charge in [0.25, 0.3) is 0 Å². The van der Waals surface area contributed by atoms with Gasteiger partial charge in [-0.15, -0.1) is 0 Å². The van der Waals surface area contributed by atoms with Crippen molar-refractivity contribution in [1.29, 1.82) is 0 Å². The van der Waals surface area contributed by atoms with Crippen LogP contribution in [0.3, 0.4) is 0 Å². The highest BCUT2D eigenvalue weighted by Gasteiger charge is 2.11. The molecule has 0 saturated carbocycles. The zero-order valence-electron chi connectivity index (χ0n) is 11.0. The summed E-state index contributed by atoms with van der Waals surface area (Å²) in [4.78, 5) is 0. The monoisotopic (exact) mass is 273 g/mol. The molecular formula is C14H21ClFNO. The molecule has 1 atom stereocenters. The third kappa shape index (κ3) is 5.34. The van der Waals surface area contributed by atoms with Gasteiger partial charge < -0.3 is 10.1 Å². The molecule has 0 saturated heterocycles. The van der Waals surface area contributed by atoms with Gasteiger partial charge in [0, 0.05) is 24.3 Å². The van der Waals surface area contributed by atoms with Crippen molar-refractivity contribution in [2.45, 2.75) is 32.7 Å². The normalized spacial score (nSPS) is 12.7. The van der Waals surface area contributed by atoms with E-state index in [1.165, 1.54) is 12.1 Å². The van der Waals surface area contributed by atoms with Crippen molar-refractivity contribution >= 4 is 11.6 Å². The number of benzene rings is 1. The number of likely N-dealkylation sites (N-methyl/N-ethyl adjacent to an activating group) is 1. The van der Waals surface area contributed by atoms with Gasteiger partial charge in [-0.25, -0.2) is 4.39 Å². The van der Waals surface area contributed by atoms with E-state index >= 15 is 0 Å². The Kier molecular flexibility index (Phi) is 7.25. The number of halogens is 2. The van der Waals surface area contributed by atoms with Crippen LogP contribution in [0.2, 0.25) is 5.02 Å². The molecule has 2 nitrogen and oxygen atoms in total. The fraction of sp³-hybridized carbons (Fsp3) is 0.571. The second-order valence-corrected chi connectivity index (χ2v) is 4.59. The molecule has 1 N–H and O–H groups in total. The van der Waals surface area contributed by atoms with Crippen LogP contribution in [0.1, 0.15) is 25.8 Å². The van der Waals surface area contributed by atoms with Crippen molar-refractivity contribution in [2.75, 3.05) is 19.8 Å². The Hall–Kier alpha value is -0.640. The molecule has 0 fully saturated rings. The van der Waals surface area contributed by atoms with Gasteiger partial charge in [0.15, 0.2) is 0 Å². The zero-order chi connectivity index (χ0) is 13.4. The molecule has 1 aromatic rings. The smallest absolute Gasteiger partial charge is 0.123 e. The Bertz CT molecular complexity index is 360. The summed E-state index contributed by atoms with van der Waals surface area (Å²) in [6.45, 7) is 6.34. The van der Waals surface area contributed by atoms with E-state index in [1.807, 2.05) is 6.92 Å². The number of hydrogen-bond donors (Lipinski definition) is 1. The van der Waals surface area contributed by atoms with Crippen molar-refractivity contribution < 1.29 is 9.13 Å². The van der Waals surface area contributed by atoms with Crippen LogP contribution in [0.5, 0.6) is 0 Å². The highest BCUT2D eigenvalue weighted by molar-refractivity contribution is 6.31. The SMILES string of the molecule is CCNC(CCOCC)Cc1cc(F)ccc1Cl. The first-order valence-corrected chi connectivity index (χ1v) is 6.80. The van der Waals surface area contributed by atoms with Crippen LogP contribution in [-0.2, 0) is 11.2 Å². The lowest BCUT2D eigenvalue weighted by Gasteiger charge is -2.18. The highest BCUT2D eigenvalue weighted by atomic mass is 35.5. The molecule has 102 valence electrons. The molecule has 0 aliphatic rings. The maximum Gasteiger partial charge on any atom is 0.123 e. The molecule has 1 unspecified atom stereocenters. The molecule has 0 aliphatic carbocycles. The zero-order valence-corrected chi connectivity index (χ0v) is 11.8. The third-order valence-corrected chi connectivity index (χ3v) is 3.15. The Morgan fingerprint density at radius 1 is 1.39 bits per heavy atom. The lowest BCUT2D eigenvalue weighted by Crippen LogP contribution is -2.32. The van der Waals surface area contributed by atoms with Crippen molar-refractivity contribution in [1.82, 2.24) is 5.32 Å². The van der Waals surface area contributed by atoms with Gasteiger partial charge >= 0.3 is 0 Å². The second-order valence-electron chi connectivity index (χ2n) is 4.18. The van der Waals surface area contributed by atoms with Gasteiger partial charge in [0.1, 0.15) is 5.82 Å². The maximum absolute atomic E-state index is 13.2. The van der Waals surface area contributed by atoms with Crippen LogP contribution < -0.4 is 5.32 Å². The van der Waals surface area contributed by atoms with Crippen molar-refractivity contribution in [3.8, 4) is 0 Å². The van der Waals surface area contributed by atoms with E-state index in [0.717, 1.165) is 31.6 Å². The summed E-state index contributed by atoms with van der Waals surface area (Å²) in [6, 6.07) is 4.76. The Morgan fingerprint density at radius 3 is 2.83 bits per heavy atom. The van der Waals surface area contributed by atoms with Gasteiger partial charge in [0.2, 0.25) is 0 Å². The fourth-order valence-electron chi connectivity index (χ4n) is 1.90. The van der Waals surface area contributed by atoms with Gasteiger partial charge in [-0.1, -0.05) is 18.5 Å². The minimum atomic E-state index is -0.241. The quantitative estimate of drug-likeness (QED) is 0.733. The molecule has 18 heavy (non-hydrogen) atoms. The highest BCUT2D eigenvalue weighted by Crippen LogP contribution is 2.19. The summed E-state index contributed by atoms with van der Waals surface area (Å²) in [5.41, 5.74) is 0.846. The van der Waals surface area contributed by atoms with Crippen molar-refractivity contribution in [2.24, 2.45) is 0 Å². The van der Waals surface area contributed by atoms with E-state index in [4.69, 9.17) is 16.3 Å². The average molecular weight is 274 g/mol. The van der Waals surface area contributed by atoms with Gasteiger partial charge in [-0.05, 0) is 50.1 Å². The van der Waals surface area contributed by atoms with E-state index in [9.17, 15) is 4.39 Å². The van der Waals surface area contributed by atoms with E-state index in [0.29, 0.717) is 11.6 Å². The van der Waals surface area contributed by atoms with E-state index < -0.39 is 0 Å². The Balaban J connectivity index is 2.60. The topological polar surface area (TPSA) is 21.3 Å². The first-order valence-electron chi connectivity index (χ1n) is 6.42. The molecular weight excluding hydrogens is 253 g/mol. The molecule has 0 radical (unpaired) electrons. The molecule has 0 amide bonds. The molecule has 0 aliphatic heterocycles. The van der Waals surface area contributed by atoms with Crippen LogP contribution in [0.15, 0.2) is 18.2 Å². The molecule has 0 bridgehead atoms. The molecule has 1 aromatic carbocycles. The Morgan fingerprint density at radius 2 is 2.17 bits per heavy atom. The second kappa shape index (κ2) is 8.46. The van der Waals surface area contributed by atoms with E-state index in [1.54, 1.807) is 6.07 Å². The predicted octanol–water partition coefficient (Wildman–Crippen LogP) is 3.43. The number of nitrogens with one attached hydrogen (secondary N) is 1. The van der Waals surface area contributed by atoms with E-state index in [-0.39, 0.29) is 11.9 Å². The largest absolute Gasteiger partial charge is 0.382 e. The van der Waals surface area contributed by atoms with Crippen molar-refractivity contribution in [3.05, 3.63) is 34.6 Å². The minimum Gasteiger partial charge on any atom is -0.382 e. The number of rotatable bonds is 8. The van der Waals surface area contributed by atoms with E-state index in [2.05, 4.69) is 12.2 Å². The van der Waals surface area contributed by atoms with Gasteiger partial charge in [-0.2, -0.15) is 0 Å². The van der Waals surface area contributed by atoms with Crippen molar-refractivity contribution in [3.63, 3.8) is 0 Å². The average Bonchev–Trinajstić information content (AvgIpc) is 2.34. The first kappa shape index (κ1) is 15.4. The van der Waals surface area contributed by atoms with Crippen LogP contribution in [0.4, 0.5) is 4.39 Å². The summed E-state index contributed by atoms with van der Waals surface area (Å²) < 4.78 is 18.5. The van der Waals surface area contributed by atoms with Crippen LogP contribution in [-0.4, -0.2) is 25.8 Å². The predicted molar refractivity (Wildman–Crippen MR) is 73.7 cm³/mol. The fourth-order valence-corrected chi connectivity index (χ4v) is 2.09. The lowest BCUT2D eigenvalue weighted by atomic mass is 10.0. The molecule has 0 heterocycles. The molecule has 1 rings (SSSR count). The van der Waals surface area contributed by atoms with Crippen LogP contribution in [0, 0.1) is 5.82 Å². The first-order chi connectivity index (χ1) is 8.67. The molecule has 0 aromatic heterocycles. The van der Waals surface area contributed by atoms with Gasteiger partial charge in [-0.3, -0.25) is 0 Å². The summed E-state index contributed by atoms with van der Waals surface area (Å²) >= 11 is 6.08. The molecule has 0 spiro atoms. The van der Waals surface area contributed by atoms with Crippen LogP contribution >= 0.6 is 11.6 Å². The number of hydrogen-bond acceptors (Lipinski definition) is 2. The standard InChI is InChI=1S/C14H21ClFNO/c1-3-17-13(7-8-18-4-2)10-11-9-12(16)5-6-14(11)15/h5-6,9,13,17H,3-4,7-8,10H2,1-2H3.